The summed E-state index contributed by atoms with van der Waals surface area (Å²) < 4.78 is 12.1. The SMILES string of the molecule is CC(C)(C)c1cc2c3c(c1)[Se]c1cc(N4C5=C(CCCC5)Oc5ccccc54)ccc1B3c1ccc(-n3c4c(c5ccccc53)CCC4)cc1S2. The van der Waals surface area contributed by atoms with Crippen molar-refractivity contribution in [2.75, 3.05) is 4.90 Å². The third-order valence-corrected chi connectivity index (χ3v) is 15.3. The Bertz CT molecular complexity index is 2510. The van der Waals surface area contributed by atoms with Crippen LogP contribution in [0.4, 0.5) is 11.4 Å². The van der Waals surface area contributed by atoms with Gasteiger partial charge in [0, 0.05) is 0 Å². The molecule has 2 aliphatic carbocycles. The van der Waals surface area contributed by atoms with Gasteiger partial charge in [-0.25, -0.2) is 0 Å². The van der Waals surface area contributed by atoms with Crippen molar-refractivity contribution in [2.24, 2.45) is 0 Å². The summed E-state index contributed by atoms with van der Waals surface area (Å²) in [4.78, 5) is 5.37. The van der Waals surface area contributed by atoms with Crippen LogP contribution in [0.5, 0.6) is 5.75 Å². The maximum absolute atomic E-state index is 6.51. The minimum absolute atomic E-state index is 0.0773. The van der Waals surface area contributed by atoms with E-state index in [0.717, 1.165) is 36.5 Å². The molecule has 5 aliphatic rings. The van der Waals surface area contributed by atoms with Crippen LogP contribution in [0.15, 0.2) is 118 Å². The van der Waals surface area contributed by atoms with E-state index < -0.39 is 0 Å². The van der Waals surface area contributed by atoms with Crippen LogP contribution in [-0.4, -0.2) is 26.2 Å². The molecule has 250 valence electrons. The number of aromatic nitrogens is 1. The zero-order chi connectivity index (χ0) is 34.0. The van der Waals surface area contributed by atoms with Gasteiger partial charge in [0.1, 0.15) is 0 Å². The van der Waals surface area contributed by atoms with Crippen LogP contribution in [0.2, 0.25) is 0 Å². The van der Waals surface area contributed by atoms with E-state index in [-0.39, 0.29) is 27.1 Å². The number of ether oxygens (including phenoxy) is 1. The fourth-order valence-electron chi connectivity index (χ4n) is 9.32. The van der Waals surface area contributed by atoms with E-state index in [1.807, 2.05) is 11.8 Å². The van der Waals surface area contributed by atoms with Crippen molar-refractivity contribution in [1.82, 2.24) is 4.57 Å². The first-order chi connectivity index (χ1) is 24.9. The first-order valence-corrected chi connectivity index (χ1v) is 21.2. The molecule has 0 spiro atoms. The predicted octanol–water partition coefficient (Wildman–Crippen LogP) is 7.68. The molecule has 5 aromatic carbocycles. The summed E-state index contributed by atoms with van der Waals surface area (Å²) in [6, 6.07) is 37.5. The van der Waals surface area contributed by atoms with E-state index in [1.54, 1.807) is 15.5 Å². The van der Waals surface area contributed by atoms with E-state index >= 15 is 0 Å². The first kappa shape index (κ1) is 30.5. The zero-order valence-electron chi connectivity index (χ0n) is 29.4. The molecule has 0 unspecified atom stereocenters. The van der Waals surface area contributed by atoms with Gasteiger partial charge in [0.15, 0.2) is 0 Å². The molecule has 0 amide bonds. The van der Waals surface area contributed by atoms with Gasteiger partial charge in [-0.05, 0) is 0 Å². The van der Waals surface area contributed by atoms with Gasteiger partial charge in [0.05, 0.1) is 0 Å². The Morgan fingerprint density at radius 1 is 0.725 bits per heavy atom. The Morgan fingerprint density at radius 3 is 2.47 bits per heavy atom. The summed E-state index contributed by atoms with van der Waals surface area (Å²) in [6.45, 7) is 7.33. The second-order valence-corrected chi connectivity index (χ2v) is 19.2. The normalized spacial score (nSPS) is 17.0. The summed E-state index contributed by atoms with van der Waals surface area (Å²) in [5, 5.41) is 1.43. The second kappa shape index (κ2) is 11.2. The van der Waals surface area contributed by atoms with Gasteiger partial charge in [-0.3, -0.25) is 0 Å². The molecule has 0 N–H and O–H groups in total. The fourth-order valence-corrected chi connectivity index (χ4v) is 13.3. The number of anilines is 2. The van der Waals surface area contributed by atoms with Gasteiger partial charge in [0.25, 0.3) is 0 Å². The number of hydrogen-bond acceptors (Lipinski definition) is 3. The predicted molar refractivity (Wildman–Crippen MR) is 215 cm³/mol. The molecule has 4 heterocycles. The van der Waals surface area contributed by atoms with Crippen molar-refractivity contribution < 1.29 is 4.74 Å². The maximum atomic E-state index is 6.51. The number of para-hydroxylation sites is 3. The minimum atomic E-state index is 0.0773. The van der Waals surface area contributed by atoms with Crippen LogP contribution >= 0.6 is 11.8 Å². The van der Waals surface area contributed by atoms with Gasteiger partial charge in [0.2, 0.25) is 0 Å². The molecule has 1 aromatic heterocycles. The number of nitrogens with zero attached hydrogens (tertiary/aromatic N) is 2. The molecular weight excluding hydrogens is 706 g/mol. The van der Waals surface area contributed by atoms with Crippen LogP contribution in [0.3, 0.4) is 0 Å². The summed E-state index contributed by atoms with van der Waals surface area (Å²) >= 11 is 2.20. The average Bonchev–Trinajstić information content (AvgIpc) is 3.74. The van der Waals surface area contributed by atoms with Crippen molar-refractivity contribution in [3.8, 4) is 11.4 Å². The molecule has 0 fully saturated rings. The van der Waals surface area contributed by atoms with Crippen LogP contribution in [0.1, 0.15) is 69.7 Å². The quantitative estimate of drug-likeness (QED) is 0.169. The zero-order valence-corrected chi connectivity index (χ0v) is 31.9. The molecule has 51 heavy (non-hydrogen) atoms. The average molecular weight is 746 g/mol. The van der Waals surface area contributed by atoms with E-state index in [2.05, 4.69) is 127 Å². The number of rotatable bonds is 2. The molecule has 3 aliphatic heterocycles. The summed E-state index contributed by atoms with van der Waals surface area (Å²) in [5.74, 6) is 2.13. The van der Waals surface area contributed by atoms with E-state index in [1.165, 1.54) is 90.1 Å². The monoisotopic (exact) mass is 746 g/mol. The van der Waals surface area contributed by atoms with Crippen LogP contribution < -0.4 is 34.9 Å². The fraction of sp³-hybridized carbons (Fsp3) is 0.244. The standard InChI is InChI=1S/C45H39BN2OSSe/c1-45(2,3)27-23-41-44-43(24-27)51-42-26-29(48-36-14-6-8-17-38(36)49-39-18-9-7-15-37(39)48)20-22-33(42)46(44)32-21-19-28(25-40(32)50-41)47-34-13-5-4-11-30(34)31-12-10-16-35(31)47/h4-6,8,11,13-14,17,19-26H,7,9-10,12,15-16,18H2,1-3H3. The Morgan fingerprint density at radius 2 is 1.55 bits per heavy atom. The van der Waals surface area contributed by atoms with Crippen LogP contribution in [-0.2, 0) is 18.3 Å². The summed E-state index contributed by atoms with van der Waals surface area (Å²) in [5.41, 5.74) is 15.5. The van der Waals surface area contributed by atoms with Crippen molar-refractivity contribution in [3.63, 3.8) is 0 Å². The van der Waals surface area contributed by atoms with E-state index in [4.69, 9.17) is 4.74 Å². The molecule has 3 nitrogen and oxygen atoms in total. The third-order valence-electron chi connectivity index (χ3n) is 11.8. The first-order valence-electron chi connectivity index (χ1n) is 18.6. The van der Waals surface area contributed by atoms with Crippen molar-refractivity contribution in [3.05, 3.63) is 125 Å². The van der Waals surface area contributed by atoms with E-state index in [9.17, 15) is 0 Å². The number of aryl methyl sites for hydroxylation is 1. The van der Waals surface area contributed by atoms with Crippen LogP contribution in [0.25, 0.3) is 16.6 Å². The second-order valence-electron chi connectivity index (χ2n) is 15.8. The van der Waals surface area contributed by atoms with Gasteiger partial charge in [-0.2, -0.15) is 0 Å². The van der Waals surface area contributed by atoms with Gasteiger partial charge < -0.3 is 0 Å². The topological polar surface area (TPSA) is 17.4 Å². The molecule has 6 aromatic rings. The number of fused-ring (bicyclic) bond motifs is 8. The molecule has 0 saturated heterocycles. The van der Waals surface area contributed by atoms with Crippen molar-refractivity contribution >= 4 is 81.0 Å². The molecule has 0 bridgehead atoms. The Hall–Kier alpha value is -4.09. The van der Waals surface area contributed by atoms with Crippen molar-refractivity contribution in [2.45, 2.75) is 80.9 Å². The Kier molecular flexibility index (Phi) is 6.71. The van der Waals surface area contributed by atoms with E-state index in [0.29, 0.717) is 0 Å². The molecule has 0 radical (unpaired) electrons. The molecular formula is C45H39BN2OSSe. The van der Waals surface area contributed by atoms with Gasteiger partial charge >= 0.3 is 313 Å². The molecule has 6 heteroatoms. The molecule has 0 atom stereocenters. The Labute approximate surface area is 311 Å². The number of benzene rings is 5. The summed E-state index contributed by atoms with van der Waals surface area (Å²) in [7, 11) is 0. The molecule has 11 rings (SSSR count). The third kappa shape index (κ3) is 4.59. The number of allylic oxidation sites excluding steroid dienone is 2. The van der Waals surface area contributed by atoms with Crippen LogP contribution in [0, 0.1) is 0 Å². The molecule has 0 saturated carbocycles. The van der Waals surface area contributed by atoms with Crippen molar-refractivity contribution in [1.29, 1.82) is 0 Å². The van der Waals surface area contributed by atoms with Gasteiger partial charge in [-0.15, -0.1) is 0 Å². The van der Waals surface area contributed by atoms with Gasteiger partial charge in [-0.1, -0.05) is 0 Å². The number of hydrogen-bond donors (Lipinski definition) is 0. The Balaban J connectivity index is 1.09. The summed E-state index contributed by atoms with van der Waals surface area (Å²) in [6.07, 6.45) is 8.07.